The van der Waals surface area contributed by atoms with E-state index in [1.54, 1.807) is 6.07 Å². The lowest BCUT2D eigenvalue weighted by Crippen LogP contribution is -2.03. The second-order valence-corrected chi connectivity index (χ2v) is 3.74. The fourth-order valence-corrected chi connectivity index (χ4v) is 2.13. The van der Waals surface area contributed by atoms with Gasteiger partial charge in [0.05, 0.1) is 0 Å². The fourth-order valence-electron chi connectivity index (χ4n) is 1.23. The van der Waals surface area contributed by atoms with Crippen LogP contribution in [-0.2, 0) is 0 Å². The van der Waals surface area contributed by atoms with Crippen LogP contribution >= 0.6 is 11.3 Å². The molecule has 5 heteroatoms. The highest BCUT2D eigenvalue weighted by atomic mass is 32.1. The Bertz CT molecular complexity index is 492. The van der Waals surface area contributed by atoms with Gasteiger partial charge < -0.3 is 15.6 Å². The van der Waals surface area contributed by atoms with E-state index in [1.807, 2.05) is 18.2 Å². The van der Waals surface area contributed by atoms with E-state index < -0.39 is 6.16 Å². The van der Waals surface area contributed by atoms with Crippen LogP contribution in [0.2, 0.25) is 0 Å². The van der Waals surface area contributed by atoms with E-state index in [-0.39, 0.29) is 5.75 Å². The Balaban J connectivity index is 2.62. The maximum absolute atomic E-state index is 10.4. The van der Waals surface area contributed by atoms with Gasteiger partial charge >= 0.3 is 6.16 Å². The van der Waals surface area contributed by atoms with Crippen LogP contribution in [0.3, 0.4) is 0 Å². The van der Waals surface area contributed by atoms with Crippen LogP contribution in [0.4, 0.5) is 9.80 Å². The molecule has 2 aromatic rings. The van der Waals surface area contributed by atoms with E-state index in [9.17, 15) is 4.79 Å². The quantitative estimate of drug-likeness (QED) is 0.708. The summed E-state index contributed by atoms with van der Waals surface area (Å²) in [5.41, 5.74) is 5.63. The van der Waals surface area contributed by atoms with Crippen molar-refractivity contribution in [2.24, 2.45) is 0 Å². The van der Waals surface area contributed by atoms with Crippen LogP contribution < -0.4 is 10.5 Å². The Morgan fingerprint density at radius 2 is 2.14 bits per heavy atom. The minimum atomic E-state index is -1.35. The minimum Gasteiger partial charge on any atom is -0.449 e. The number of nitrogens with two attached hydrogens (primary N) is 1. The smallest absolute Gasteiger partial charge is 0.449 e. The number of rotatable bonds is 1. The first-order valence-corrected chi connectivity index (χ1v) is 4.68. The van der Waals surface area contributed by atoms with Crippen LogP contribution in [-0.4, -0.2) is 11.3 Å². The molecule has 0 unspecified atom stereocenters. The molecule has 1 heterocycles. The number of anilines is 1. The second kappa shape index (κ2) is 3.19. The summed E-state index contributed by atoms with van der Waals surface area (Å²) in [5.74, 6) is 0.234. The molecule has 0 saturated carbocycles. The molecule has 2 rings (SSSR count). The third kappa shape index (κ3) is 1.38. The molecule has 1 aromatic carbocycles. The third-order valence-electron chi connectivity index (χ3n) is 1.76. The first-order chi connectivity index (χ1) is 6.68. The number of benzene rings is 1. The molecule has 14 heavy (non-hydrogen) atoms. The summed E-state index contributed by atoms with van der Waals surface area (Å²) in [6, 6.07) is 7.32. The normalized spacial score (nSPS) is 10.3. The Kier molecular flexibility index (Phi) is 2.01. The molecule has 0 radical (unpaired) electrons. The van der Waals surface area contributed by atoms with Crippen molar-refractivity contribution in [1.82, 2.24) is 0 Å². The van der Waals surface area contributed by atoms with Gasteiger partial charge in [-0.1, -0.05) is 12.1 Å². The molecule has 0 aliphatic rings. The van der Waals surface area contributed by atoms with Crippen LogP contribution in [0.5, 0.6) is 5.75 Å². The first kappa shape index (κ1) is 8.83. The van der Waals surface area contributed by atoms with Crippen molar-refractivity contribution in [2.45, 2.75) is 0 Å². The molecule has 0 bridgehead atoms. The van der Waals surface area contributed by atoms with E-state index in [2.05, 4.69) is 4.74 Å². The molecule has 3 N–H and O–H groups in total. The average molecular weight is 209 g/mol. The number of ether oxygens (including phenoxy) is 1. The zero-order chi connectivity index (χ0) is 10.1. The Morgan fingerprint density at radius 3 is 2.86 bits per heavy atom. The van der Waals surface area contributed by atoms with E-state index in [0.29, 0.717) is 5.00 Å². The number of thiophene rings is 1. The van der Waals surface area contributed by atoms with Crippen LogP contribution in [0.15, 0.2) is 24.3 Å². The van der Waals surface area contributed by atoms with Gasteiger partial charge in [-0.25, -0.2) is 4.79 Å². The standard InChI is InChI=1S/C9H7NO3S/c10-8-7(13-9(11)12)5-3-1-2-4-6(5)14-8/h1-4H,10H2,(H,11,12). The topological polar surface area (TPSA) is 72.5 Å². The van der Waals surface area contributed by atoms with Crippen LogP contribution in [0, 0.1) is 0 Å². The summed E-state index contributed by atoms with van der Waals surface area (Å²) in [6.45, 7) is 0. The summed E-state index contributed by atoms with van der Waals surface area (Å²) < 4.78 is 5.52. The van der Waals surface area contributed by atoms with Crippen molar-refractivity contribution < 1.29 is 14.6 Å². The molecule has 72 valence electrons. The molecule has 0 aliphatic carbocycles. The monoisotopic (exact) mass is 209 g/mol. The number of carbonyl (C=O) groups is 1. The molecule has 0 amide bonds. The summed E-state index contributed by atoms with van der Waals surface area (Å²) in [6.07, 6.45) is -1.35. The predicted molar refractivity (Wildman–Crippen MR) is 54.9 cm³/mol. The molecule has 0 fully saturated rings. The predicted octanol–water partition coefficient (Wildman–Crippen LogP) is 2.54. The van der Waals surface area contributed by atoms with Crippen molar-refractivity contribution in [3.8, 4) is 5.75 Å². The molecule has 0 spiro atoms. The van der Waals surface area contributed by atoms with Crippen molar-refractivity contribution >= 4 is 32.6 Å². The molecular weight excluding hydrogens is 202 g/mol. The van der Waals surface area contributed by atoms with Gasteiger partial charge in [0, 0.05) is 10.1 Å². The molecule has 1 aromatic heterocycles. The summed E-state index contributed by atoms with van der Waals surface area (Å²) in [4.78, 5) is 10.4. The fraction of sp³-hybridized carbons (Fsp3) is 0. The average Bonchev–Trinajstić information content (AvgIpc) is 2.43. The van der Waals surface area contributed by atoms with E-state index in [1.165, 1.54) is 11.3 Å². The number of nitrogen functional groups attached to an aromatic ring is 1. The molecular formula is C9H7NO3S. The lowest BCUT2D eigenvalue weighted by atomic mass is 10.2. The maximum Gasteiger partial charge on any atom is 0.511 e. The van der Waals surface area contributed by atoms with Crippen molar-refractivity contribution in [2.75, 3.05) is 5.73 Å². The van der Waals surface area contributed by atoms with Gasteiger partial charge in [-0.2, -0.15) is 0 Å². The van der Waals surface area contributed by atoms with Crippen molar-refractivity contribution in [3.63, 3.8) is 0 Å². The van der Waals surface area contributed by atoms with Gasteiger partial charge in [-0.3, -0.25) is 0 Å². The van der Waals surface area contributed by atoms with Gasteiger partial charge in [-0.15, -0.1) is 11.3 Å². The van der Waals surface area contributed by atoms with Gasteiger partial charge in [0.25, 0.3) is 0 Å². The van der Waals surface area contributed by atoms with Crippen molar-refractivity contribution in [3.05, 3.63) is 24.3 Å². The van der Waals surface area contributed by atoms with Gasteiger partial charge in [0.2, 0.25) is 0 Å². The summed E-state index contributed by atoms with van der Waals surface area (Å²) in [5, 5.41) is 9.61. The summed E-state index contributed by atoms with van der Waals surface area (Å²) in [7, 11) is 0. The van der Waals surface area contributed by atoms with Gasteiger partial charge in [0.1, 0.15) is 5.00 Å². The largest absolute Gasteiger partial charge is 0.511 e. The molecule has 0 saturated heterocycles. The Labute approximate surface area is 83.5 Å². The first-order valence-electron chi connectivity index (χ1n) is 3.86. The van der Waals surface area contributed by atoms with Crippen LogP contribution in [0.25, 0.3) is 10.1 Å². The lowest BCUT2D eigenvalue weighted by Gasteiger charge is -1.97. The third-order valence-corrected chi connectivity index (χ3v) is 2.75. The highest BCUT2D eigenvalue weighted by molar-refractivity contribution is 7.23. The zero-order valence-electron chi connectivity index (χ0n) is 7.06. The summed E-state index contributed by atoms with van der Waals surface area (Å²) >= 11 is 1.31. The van der Waals surface area contributed by atoms with Crippen LogP contribution in [0.1, 0.15) is 0 Å². The number of hydrogen-bond acceptors (Lipinski definition) is 4. The Hall–Kier alpha value is -1.75. The highest BCUT2D eigenvalue weighted by Crippen LogP contribution is 2.39. The maximum atomic E-state index is 10.4. The highest BCUT2D eigenvalue weighted by Gasteiger charge is 2.13. The molecule has 0 atom stereocenters. The van der Waals surface area contributed by atoms with Gasteiger partial charge in [0.15, 0.2) is 5.75 Å². The number of fused-ring (bicyclic) bond motifs is 1. The molecule has 0 aliphatic heterocycles. The minimum absolute atomic E-state index is 0.234. The number of carboxylic acid groups (broad SMARTS) is 1. The number of hydrogen-bond donors (Lipinski definition) is 2. The zero-order valence-corrected chi connectivity index (χ0v) is 7.88. The lowest BCUT2D eigenvalue weighted by molar-refractivity contribution is 0.145. The van der Waals surface area contributed by atoms with E-state index in [0.717, 1.165) is 10.1 Å². The van der Waals surface area contributed by atoms with Crippen molar-refractivity contribution in [1.29, 1.82) is 0 Å². The Morgan fingerprint density at radius 1 is 1.43 bits per heavy atom. The second-order valence-electron chi connectivity index (χ2n) is 2.66. The van der Waals surface area contributed by atoms with Gasteiger partial charge in [-0.05, 0) is 12.1 Å². The van der Waals surface area contributed by atoms with E-state index in [4.69, 9.17) is 10.8 Å². The SMILES string of the molecule is Nc1sc2ccccc2c1OC(=O)O. The van der Waals surface area contributed by atoms with E-state index >= 15 is 0 Å². The molecule has 4 nitrogen and oxygen atoms in total.